The molecule has 0 radical (unpaired) electrons. The van der Waals surface area contributed by atoms with Gasteiger partial charge in [-0.25, -0.2) is 0 Å². The van der Waals surface area contributed by atoms with Gasteiger partial charge in [-0.2, -0.15) is 0 Å². The molecule has 0 spiro atoms. The number of aliphatic carboxylic acids is 1. The van der Waals surface area contributed by atoms with E-state index in [9.17, 15) is 14.7 Å². The largest absolute Gasteiger partial charge is 1.00 e. The van der Waals surface area contributed by atoms with Crippen molar-refractivity contribution in [2.45, 2.75) is 6.92 Å². The van der Waals surface area contributed by atoms with Gasteiger partial charge in [-0.15, -0.1) is 11.8 Å². The Morgan fingerprint density at radius 3 is 2.81 bits per heavy atom. The Morgan fingerprint density at radius 1 is 1.48 bits per heavy atom. The number of rotatable bonds is 4. The maximum Gasteiger partial charge on any atom is 1.00 e. The van der Waals surface area contributed by atoms with Crippen molar-refractivity contribution in [2.24, 2.45) is 0 Å². The minimum Gasteiger partial charge on any atom is -0.548 e. The molecule has 0 bridgehead atoms. The van der Waals surface area contributed by atoms with Crippen molar-refractivity contribution < 1.29 is 44.3 Å². The Hall–Kier alpha value is 0.0100. The van der Waals surface area contributed by atoms with Gasteiger partial charge in [0.1, 0.15) is 4.32 Å². The molecule has 0 saturated carbocycles. The topological polar surface area (TPSA) is 63.7 Å². The number of hydrogen-bond donors (Lipinski definition) is 0. The van der Waals surface area contributed by atoms with Crippen LogP contribution >= 0.6 is 35.7 Å². The molecule has 0 unspecified atom stereocenters. The summed E-state index contributed by atoms with van der Waals surface area (Å²) in [5.41, 5.74) is 0.306. The second-order valence-electron chi connectivity index (χ2n) is 4.10. The molecule has 2 saturated heterocycles. The zero-order chi connectivity index (χ0) is 14.7. The molecular formula is C12H13N2NaO3S3. The number of carbonyl (C=O) groups is 2. The Kier molecular flexibility index (Phi) is 7.80. The van der Waals surface area contributed by atoms with E-state index < -0.39 is 12.5 Å². The molecule has 5 nitrogen and oxygen atoms in total. The molecule has 0 aromatic rings. The van der Waals surface area contributed by atoms with Crippen LogP contribution in [0.3, 0.4) is 0 Å². The number of nitrogens with zero attached hydrogens (tertiary/aromatic N) is 2. The van der Waals surface area contributed by atoms with E-state index in [1.807, 2.05) is 6.08 Å². The second-order valence-corrected chi connectivity index (χ2v) is 6.82. The van der Waals surface area contributed by atoms with Crippen LogP contribution in [0, 0.1) is 0 Å². The molecule has 2 aliphatic rings. The number of hydrogen-bond acceptors (Lipinski definition) is 7. The predicted octanol–water partition coefficient (Wildman–Crippen LogP) is -2.61. The van der Waals surface area contributed by atoms with Gasteiger partial charge < -0.3 is 19.7 Å². The fraction of sp³-hybridized carbons (Fsp3) is 0.417. The third-order valence-electron chi connectivity index (χ3n) is 2.88. The van der Waals surface area contributed by atoms with Gasteiger partial charge in [0.2, 0.25) is 5.12 Å². The molecule has 2 aliphatic heterocycles. The Balaban J connectivity index is 0.00000220. The van der Waals surface area contributed by atoms with Gasteiger partial charge >= 0.3 is 29.6 Å². The van der Waals surface area contributed by atoms with Gasteiger partial charge in [0.15, 0.2) is 0 Å². The summed E-state index contributed by atoms with van der Waals surface area (Å²) in [6.45, 7) is 3.57. The minimum atomic E-state index is -1.26. The molecule has 0 atom stereocenters. The van der Waals surface area contributed by atoms with Gasteiger partial charge in [-0.3, -0.25) is 4.79 Å². The zero-order valence-corrected chi connectivity index (χ0v) is 16.3. The molecule has 0 aromatic heterocycles. The van der Waals surface area contributed by atoms with Crippen LogP contribution in [0.2, 0.25) is 0 Å². The number of carboxylic acids is 1. The summed E-state index contributed by atoms with van der Waals surface area (Å²) in [5, 5.41) is 11.6. The molecule has 0 amide bonds. The van der Waals surface area contributed by atoms with Crippen LogP contribution in [-0.2, 0) is 9.59 Å². The fourth-order valence-electron chi connectivity index (χ4n) is 1.91. The number of thiocarbonyl (C=S) groups is 1. The van der Waals surface area contributed by atoms with Crippen molar-refractivity contribution in [2.75, 3.05) is 25.4 Å². The van der Waals surface area contributed by atoms with E-state index in [4.69, 9.17) is 12.2 Å². The molecule has 0 aliphatic carbocycles. The molecule has 108 valence electrons. The van der Waals surface area contributed by atoms with Crippen LogP contribution < -0.4 is 34.7 Å². The quantitative estimate of drug-likeness (QED) is 0.310. The summed E-state index contributed by atoms with van der Waals surface area (Å²) in [4.78, 5) is 26.1. The summed E-state index contributed by atoms with van der Waals surface area (Å²) in [7, 11) is 0. The summed E-state index contributed by atoms with van der Waals surface area (Å²) < 4.78 is 0.260. The Labute approximate surface area is 159 Å². The van der Waals surface area contributed by atoms with Crippen molar-refractivity contribution in [1.29, 1.82) is 0 Å². The van der Waals surface area contributed by atoms with E-state index in [1.54, 1.807) is 17.8 Å². The minimum absolute atomic E-state index is 0. The molecule has 2 heterocycles. The predicted molar refractivity (Wildman–Crippen MR) is 82.8 cm³/mol. The molecule has 0 aromatic carbocycles. The standard InChI is InChI=1S/C12H14N2O3S3.Na/c1-2-13-5-6-19-9(13)4-3-8-11(17)20-12(18)14(8)7-10(15)16;/h3-4H,2,5-7H2,1H3,(H,15,16);/q;+1/p-1/b8-3-,9-4-;. The van der Waals surface area contributed by atoms with E-state index in [0.717, 1.165) is 35.6 Å². The molecule has 0 N–H and O–H groups in total. The summed E-state index contributed by atoms with van der Waals surface area (Å²) in [5.74, 6) is -0.237. The first-order valence-electron chi connectivity index (χ1n) is 6.06. The van der Waals surface area contributed by atoms with Gasteiger partial charge in [-0.1, -0.05) is 12.2 Å². The van der Waals surface area contributed by atoms with E-state index in [0.29, 0.717) is 5.70 Å². The molecule has 9 heteroatoms. The van der Waals surface area contributed by atoms with E-state index in [1.165, 1.54) is 4.90 Å². The smallest absolute Gasteiger partial charge is 0.548 e. The van der Waals surface area contributed by atoms with Crippen LogP contribution in [0.25, 0.3) is 0 Å². The number of allylic oxidation sites excluding steroid dienone is 2. The molecule has 2 fully saturated rings. The van der Waals surface area contributed by atoms with Crippen molar-refractivity contribution in [3.8, 4) is 0 Å². The van der Waals surface area contributed by atoms with Crippen LogP contribution in [-0.4, -0.2) is 50.6 Å². The Morgan fingerprint density at radius 2 is 2.19 bits per heavy atom. The van der Waals surface area contributed by atoms with Crippen LogP contribution in [0.4, 0.5) is 0 Å². The van der Waals surface area contributed by atoms with Gasteiger partial charge in [-0.05, 0) is 30.8 Å². The van der Waals surface area contributed by atoms with E-state index in [-0.39, 0.29) is 39.0 Å². The van der Waals surface area contributed by atoms with E-state index in [2.05, 4.69) is 11.8 Å². The third-order valence-corrected chi connectivity index (χ3v) is 5.21. The normalized spacial score (nSPS) is 22.3. The third kappa shape index (κ3) is 4.74. The fourth-order valence-corrected chi connectivity index (χ4v) is 4.10. The van der Waals surface area contributed by atoms with Crippen molar-refractivity contribution in [3.63, 3.8) is 0 Å². The van der Waals surface area contributed by atoms with Crippen LogP contribution in [0.5, 0.6) is 0 Å². The van der Waals surface area contributed by atoms with Crippen molar-refractivity contribution in [3.05, 3.63) is 22.9 Å². The summed E-state index contributed by atoms with van der Waals surface area (Å²) in [6.07, 6.45) is 3.50. The number of thioether (sulfide) groups is 2. The first-order valence-corrected chi connectivity index (χ1v) is 8.27. The monoisotopic (exact) mass is 352 g/mol. The molecule has 21 heavy (non-hydrogen) atoms. The SMILES string of the molecule is CCN1CCS/C1=C\C=C1\C(=O)SC(=S)N1CC(=O)[O-].[Na+]. The van der Waals surface area contributed by atoms with Gasteiger partial charge in [0.05, 0.1) is 23.2 Å². The maximum absolute atomic E-state index is 11.8. The van der Waals surface area contributed by atoms with Crippen molar-refractivity contribution >= 4 is 51.1 Å². The Bertz CT molecular complexity index is 522. The zero-order valence-electron chi connectivity index (χ0n) is 11.8. The average molecular weight is 352 g/mol. The first kappa shape index (κ1) is 19.1. The summed E-state index contributed by atoms with van der Waals surface area (Å²) in [6, 6.07) is 0. The van der Waals surface area contributed by atoms with Crippen LogP contribution in [0.15, 0.2) is 22.9 Å². The van der Waals surface area contributed by atoms with Gasteiger partial charge in [0.25, 0.3) is 0 Å². The first-order chi connectivity index (χ1) is 9.52. The second kappa shape index (κ2) is 8.59. The molecule has 2 rings (SSSR count). The van der Waals surface area contributed by atoms with Gasteiger partial charge in [0, 0.05) is 18.8 Å². The van der Waals surface area contributed by atoms with Crippen molar-refractivity contribution in [1.82, 2.24) is 9.80 Å². The molecular weight excluding hydrogens is 339 g/mol. The van der Waals surface area contributed by atoms with Crippen LogP contribution in [0.1, 0.15) is 6.92 Å². The van der Waals surface area contributed by atoms with E-state index >= 15 is 0 Å². The summed E-state index contributed by atoms with van der Waals surface area (Å²) >= 11 is 7.60. The maximum atomic E-state index is 11.8. The number of carboxylic acid groups (broad SMARTS) is 1. The number of carbonyl (C=O) groups excluding carboxylic acids is 2. The average Bonchev–Trinajstić information content (AvgIpc) is 2.93.